The average Bonchev–Trinajstić information content (AvgIpc) is 2.53. The maximum atomic E-state index is 10.7. The van der Waals surface area contributed by atoms with Crippen LogP contribution < -0.4 is 5.73 Å². The first-order valence-corrected chi connectivity index (χ1v) is 7.08. The van der Waals surface area contributed by atoms with Gasteiger partial charge in [-0.25, -0.2) is 9.78 Å². The van der Waals surface area contributed by atoms with Crippen LogP contribution in [-0.4, -0.2) is 21.0 Å². The normalized spacial score (nSPS) is 11.2. The molecular formula is C18H15N3O2. The maximum absolute atomic E-state index is 10.7. The zero-order valence-electron chi connectivity index (χ0n) is 12.5. The van der Waals surface area contributed by atoms with Gasteiger partial charge in [-0.3, -0.25) is 4.98 Å². The monoisotopic (exact) mass is 305 g/mol. The van der Waals surface area contributed by atoms with Crippen molar-refractivity contribution in [2.24, 2.45) is 0 Å². The van der Waals surface area contributed by atoms with Crippen molar-refractivity contribution in [2.45, 2.75) is 6.92 Å². The third-order valence-electron chi connectivity index (χ3n) is 3.59. The summed E-state index contributed by atoms with van der Waals surface area (Å²) in [6, 6.07) is 11.7. The molecule has 0 bridgehead atoms. The lowest BCUT2D eigenvalue weighted by atomic mass is 10.0. The summed E-state index contributed by atoms with van der Waals surface area (Å²) < 4.78 is 0. The fourth-order valence-electron chi connectivity index (χ4n) is 2.41. The van der Waals surface area contributed by atoms with Crippen LogP contribution in [0.1, 0.15) is 11.1 Å². The molecule has 23 heavy (non-hydrogen) atoms. The van der Waals surface area contributed by atoms with Gasteiger partial charge >= 0.3 is 5.97 Å². The number of pyridine rings is 2. The fraction of sp³-hybridized carbons (Fsp3) is 0.0556. The summed E-state index contributed by atoms with van der Waals surface area (Å²) in [5.41, 5.74) is 10.1. The molecule has 0 atom stereocenters. The predicted octanol–water partition coefficient (Wildman–Crippen LogP) is 3.29. The Morgan fingerprint density at radius 1 is 1.26 bits per heavy atom. The van der Waals surface area contributed by atoms with Crippen LogP contribution in [0.5, 0.6) is 0 Å². The largest absolute Gasteiger partial charge is 0.478 e. The third kappa shape index (κ3) is 3.03. The van der Waals surface area contributed by atoms with Gasteiger partial charge in [-0.05, 0) is 30.7 Å². The Kier molecular flexibility index (Phi) is 3.76. The number of carboxylic acid groups (broad SMARTS) is 1. The Labute approximate surface area is 133 Å². The number of aryl methyl sites for hydroxylation is 1. The van der Waals surface area contributed by atoms with Crippen LogP contribution in [0.3, 0.4) is 0 Å². The van der Waals surface area contributed by atoms with Gasteiger partial charge < -0.3 is 10.8 Å². The number of aromatic nitrogens is 2. The Hall–Kier alpha value is -3.21. The summed E-state index contributed by atoms with van der Waals surface area (Å²) in [5.74, 6) is -0.750. The predicted molar refractivity (Wildman–Crippen MR) is 90.8 cm³/mol. The number of aliphatic carboxylic acids is 1. The quantitative estimate of drug-likeness (QED) is 0.725. The highest BCUT2D eigenvalue weighted by Crippen LogP contribution is 2.26. The molecule has 0 fully saturated rings. The van der Waals surface area contributed by atoms with Crippen LogP contribution in [0.4, 0.5) is 5.82 Å². The van der Waals surface area contributed by atoms with E-state index in [0.29, 0.717) is 11.1 Å². The van der Waals surface area contributed by atoms with E-state index in [0.717, 1.165) is 28.3 Å². The molecule has 3 rings (SSSR count). The Morgan fingerprint density at radius 2 is 2.04 bits per heavy atom. The Bertz CT molecular complexity index is 933. The number of benzene rings is 1. The van der Waals surface area contributed by atoms with Gasteiger partial charge in [-0.2, -0.15) is 0 Å². The third-order valence-corrected chi connectivity index (χ3v) is 3.59. The van der Waals surface area contributed by atoms with Crippen LogP contribution >= 0.6 is 0 Å². The van der Waals surface area contributed by atoms with Crippen molar-refractivity contribution in [3.63, 3.8) is 0 Å². The molecule has 1 aromatic carbocycles. The molecule has 3 aromatic rings. The molecule has 3 N–H and O–H groups in total. The molecule has 0 radical (unpaired) electrons. The average molecular weight is 305 g/mol. The van der Waals surface area contributed by atoms with Gasteiger partial charge in [-0.1, -0.05) is 24.3 Å². The number of hydrogen-bond acceptors (Lipinski definition) is 4. The highest BCUT2D eigenvalue weighted by atomic mass is 16.4. The van der Waals surface area contributed by atoms with Crippen LogP contribution in [-0.2, 0) is 4.79 Å². The summed E-state index contributed by atoms with van der Waals surface area (Å²) in [6.07, 6.45) is 4.17. The Morgan fingerprint density at radius 3 is 2.78 bits per heavy atom. The minimum atomic E-state index is -1.03. The number of hydrogen-bond donors (Lipinski definition) is 2. The highest BCUT2D eigenvalue weighted by Gasteiger charge is 2.07. The summed E-state index contributed by atoms with van der Waals surface area (Å²) >= 11 is 0. The first-order chi connectivity index (χ1) is 11.0. The molecule has 0 unspecified atom stereocenters. The molecule has 5 nitrogen and oxygen atoms in total. The summed E-state index contributed by atoms with van der Waals surface area (Å²) in [6.45, 7) is 2.03. The molecule has 0 aliphatic rings. The van der Waals surface area contributed by atoms with E-state index >= 15 is 0 Å². The fourth-order valence-corrected chi connectivity index (χ4v) is 2.41. The van der Waals surface area contributed by atoms with Gasteiger partial charge in [0.2, 0.25) is 0 Å². The van der Waals surface area contributed by atoms with E-state index in [1.807, 2.05) is 43.3 Å². The zero-order chi connectivity index (χ0) is 16.4. The summed E-state index contributed by atoms with van der Waals surface area (Å²) in [5, 5.41) is 9.60. The lowest BCUT2D eigenvalue weighted by Crippen LogP contribution is -1.97. The topological polar surface area (TPSA) is 89.1 Å². The van der Waals surface area contributed by atoms with E-state index in [2.05, 4.69) is 9.97 Å². The van der Waals surface area contributed by atoms with Gasteiger partial charge in [0.1, 0.15) is 5.82 Å². The lowest BCUT2D eigenvalue weighted by Gasteiger charge is -2.07. The van der Waals surface area contributed by atoms with Crippen molar-refractivity contribution >= 4 is 28.8 Å². The number of rotatable bonds is 3. The van der Waals surface area contributed by atoms with Crippen molar-refractivity contribution in [3.05, 3.63) is 59.8 Å². The minimum absolute atomic E-state index is 0.278. The summed E-state index contributed by atoms with van der Waals surface area (Å²) in [7, 11) is 0. The molecule has 0 saturated carbocycles. The zero-order valence-corrected chi connectivity index (χ0v) is 12.5. The molecule has 114 valence electrons. The van der Waals surface area contributed by atoms with Crippen LogP contribution in [0.15, 0.2) is 48.7 Å². The first-order valence-electron chi connectivity index (χ1n) is 7.08. The molecule has 5 heteroatoms. The number of nitrogens with zero attached hydrogens (tertiary/aromatic N) is 2. The van der Waals surface area contributed by atoms with E-state index in [1.54, 1.807) is 6.20 Å². The summed E-state index contributed by atoms with van der Waals surface area (Å²) in [4.78, 5) is 19.4. The molecular weight excluding hydrogens is 290 g/mol. The first kappa shape index (κ1) is 14.7. The van der Waals surface area contributed by atoms with Gasteiger partial charge in [-0.15, -0.1) is 0 Å². The minimum Gasteiger partial charge on any atom is -0.478 e. The van der Waals surface area contributed by atoms with Crippen molar-refractivity contribution in [3.8, 4) is 11.3 Å². The molecule has 2 heterocycles. The number of carboxylic acids is 1. The smallest absolute Gasteiger partial charge is 0.328 e. The van der Waals surface area contributed by atoms with Crippen molar-refractivity contribution in [2.75, 3.05) is 5.73 Å². The number of nitrogens with two attached hydrogens (primary N) is 1. The lowest BCUT2D eigenvalue weighted by molar-refractivity contribution is -0.131. The second-order valence-electron chi connectivity index (χ2n) is 5.21. The van der Waals surface area contributed by atoms with Crippen LogP contribution in [0.2, 0.25) is 0 Å². The highest BCUT2D eigenvalue weighted by molar-refractivity contribution is 5.90. The second kappa shape index (κ2) is 5.88. The van der Waals surface area contributed by atoms with Crippen molar-refractivity contribution in [1.29, 1.82) is 0 Å². The molecule has 0 amide bonds. The Balaban J connectivity index is 2.13. The maximum Gasteiger partial charge on any atom is 0.328 e. The van der Waals surface area contributed by atoms with E-state index in [9.17, 15) is 4.79 Å². The van der Waals surface area contributed by atoms with Gasteiger partial charge in [0.25, 0.3) is 0 Å². The number of anilines is 1. The SMILES string of the molecule is Cc1ccccc1-c1cc2cc(/C=C/C(=O)O)c(N)nc2cn1. The standard InChI is InChI=1S/C18H15N3O2/c1-11-4-2-3-5-14(11)15-9-13-8-12(6-7-17(22)23)18(19)21-16(13)10-20-15/h2-10H,1H3,(H2,19,21)(H,22,23)/b7-6+. The van der Waals surface area contributed by atoms with Crippen LogP contribution in [0, 0.1) is 6.92 Å². The van der Waals surface area contributed by atoms with Gasteiger partial charge in [0.15, 0.2) is 0 Å². The molecule has 0 aliphatic heterocycles. The number of carbonyl (C=O) groups is 1. The van der Waals surface area contributed by atoms with E-state index in [1.165, 1.54) is 6.08 Å². The number of nitrogen functional groups attached to an aromatic ring is 1. The van der Waals surface area contributed by atoms with Gasteiger partial charge in [0.05, 0.1) is 17.4 Å². The van der Waals surface area contributed by atoms with Crippen LogP contribution in [0.25, 0.3) is 28.2 Å². The molecule has 0 aliphatic carbocycles. The molecule has 0 spiro atoms. The van der Waals surface area contributed by atoms with E-state index in [-0.39, 0.29) is 5.82 Å². The molecule has 2 aromatic heterocycles. The van der Waals surface area contributed by atoms with Crippen molar-refractivity contribution < 1.29 is 9.90 Å². The van der Waals surface area contributed by atoms with E-state index in [4.69, 9.17) is 10.8 Å². The number of fused-ring (bicyclic) bond motifs is 1. The van der Waals surface area contributed by atoms with E-state index < -0.39 is 5.97 Å². The molecule has 0 saturated heterocycles. The van der Waals surface area contributed by atoms with Crippen molar-refractivity contribution in [1.82, 2.24) is 9.97 Å². The van der Waals surface area contributed by atoms with Gasteiger partial charge in [0, 0.05) is 22.6 Å². The second-order valence-corrected chi connectivity index (χ2v) is 5.21.